The second-order valence-corrected chi connectivity index (χ2v) is 6.21. The number of rotatable bonds is 4. The van der Waals surface area contributed by atoms with Crippen molar-refractivity contribution in [3.05, 3.63) is 11.9 Å². The molecule has 2 heterocycles. The van der Waals surface area contributed by atoms with E-state index in [-0.39, 0.29) is 5.60 Å². The van der Waals surface area contributed by atoms with Crippen molar-refractivity contribution in [3.63, 3.8) is 0 Å². The van der Waals surface area contributed by atoms with Crippen molar-refractivity contribution in [2.45, 2.75) is 70.1 Å². The molecule has 5 nitrogen and oxygen atoms in total. The number of hydrogen-bond donors (Lipinski definition) is 1. The maximum Gasteiger partial charge on any atom is 0.0964 e. The van der Waals surface area contributed by atoms with Gasteiger partial charge >= 0.3 is 0 Å². The summed E-state index contributed by atoms with van der Waals surface area (Å²) in [4.78, 5) is 0. The molecular weight excluding hydrogens is 252 g/mol. The third-order valence-corrected chi connectivity index (χ3v) is 4.72. The van der Waals surface area contributed by atoms with Gasteiger partial charge in [-0.1, -0.05) is 31.4 Å². The quantitative estimate of drug-likeness (QED) is 0.919. The largest absolute Gasteiger partial charge is 0.375 e. The minimum absolute atomic E-state index is 0.134. The van der Waals surface area contributed by atoms with Crippen molar-refractivity contribution in [1.82, 2.24) is 20.3 Å². The average Bonchev–Trinajstić information content (AvgIpc) is 2.95. The Bertz CT molecular complexity index is 420. The van der Waals surface area contributed by atoms with Gasteiger partial charge in [0.15, 0.2) is 0 Å². The van der Waals surface area contributed by atoms with Crippen LogP contribution >= 0.6 is 0 Å². The van der Waals surface area contributed by atoms with Gasteiger partial charge in [-0.3, -0.25) is 0 Å². The van der Waals surface area contributed by atoms with Gasteiger partial charge in [-0.2, -0.15) is 0 Å². The van der Waals surface area contributed by atoms with Crippen molar-refractivity contribution in [1.29, 1.82) is 0 Å². The van der Waals surface area contributed by atoms with Crippen LogP contribution < -0.4 is 5.32 Å². The number of nitrogens with zero attached hydrogens (tertiary/aromatic N) is 3. The van der Waals surface area contributed by atoms with Crippen LogP contribution in [0.25, 0.3) is 0 Å². The molecule has 5 heteroatoms. The fourth-order valence-corrected chi connectivity index (χ4v) is 3.60. The van der Waals surface area contributed by atoms with E-state index >= 15 is 0 Å². The van der Waals surface area contributed by atoms with Gasteiger partial charge in [0.25, 0.3) is 0 Å². The van der Waals surface area contributed by atoms with E-state index in [0.29, 0.717) is 6.04 Å². The van der Waals surface area contributed by atoms with Crippen LogP contribution in [-0.2, 0) is 11.3 Å². The molecule has 1 saturated carbocycles. The van der Waals surface area contributed by atoms with Gasteiger partial charge in [0.1, 0.15) is 0 Å². The number of hydrogen-bond acceptors (Lipinski definition) is 4. The predicted octanol–water partition coefficient (Wildman–Crippen LogP) is 2.44. The Hall–Kier alpha value is -0.940. The Morgan fingerprint density at radius 3 is 3.05 bits per heavy atom. The van der Waals surface area contributed by atoms with Crippen LogP contribution in [0.3, 0.4) is 0 Å². The van der Waals surface area contributed by atoms with Crippen molar-refractivity contribution in [2.75, 3.05) is 13.2 Å². The summed E-state index contributed by atoms with van der Waals surface area (Å²) < 4.78 is 8.23. The number of nitrogens with one attached hydrogen (secondary N) is 1. The molecule has 1 atom stereocenters. The van der Waals surface area contributed by atoms with E-state index in [9.17, 15) is 0 Å². The van der Waals surface area contributed by atoms with E-state index in [2.05, 4.69) is 33.4 Å². The molecule has 1 N–H and O–H groups in total. The van der Waals surface area contributed by atoms with E-state index in [0.717, 1.165) is 38.2 Å². The lowest BCUT2D eigenvalue weighted by Crippen LogP contribution is -2.42. The highest BCUT2D eigenvalue weighted by Gasteiger charge is 2.39. The van der Waals surface area contributed by atoms with Crippen molar-refractivity contribution < 1.29 is 4.74 Å². The Balaban J connectivity index is 1.65. The molecule has 20 heavy (non-hydrogen) atoms. The summed E-state index contributed by atoms with van der Waals surface area (Å²) in [6, 6.07) is 0.463. The van der Waals surface area contributed by atoms with Crippen LogP contribution in [0.1, 0.15) is 63.6 Å². The van der Waals surface area contributed by atoms with Crippen LogP contribution in [0.2, 0.25) is 0 Å². The van der Waals surface area contributed by atoms with E-state index in [1.165, 1.54) is 32.1 Å². The first-order valence-electron chi connectivity index (χ1n) is 8.07. The van der Waals surface area contributed by atoms with Crippen molar-refractivity contribution >= 4 is 0 Å². The van der Waals surface area contributed by atoms with Crippen LogP contribution in [0, 0.1) is 0 Å². The second-order valence-electron chi connectivity index (χ2n) is 6.21. The standard InChI is InChI=1S/C15H26N4O/c1-2-16-11-13-12-19(18-17-13)14-6-9-20-15(10-14)7-4-3-5-8-15/h12,14,16H,2-11H2,1H3. The van der Waals surface area contributed by atoms with Crippen LogP contribution in [0.15, 0.2) is 6.20 Å². The van der Waals surface area contributed by atoms with Crippen LogP contribution in [0.5, 0.6) is 0 Å². The normalized spacial score (nSPS) is 25.9. The molecule has 0 radical (unpaired) electrons. The van der Waals surface area contributed by atoms with Gasteiger partial charge in [-0.05, 0) is 32.2 Å². The predicted molar refractivity (Wildman–Crippen MR) is 77.4 cm³/mol. The number of aromatic nitrogens is 3. The van der Waals surface area contributed by atoms with Crippen molar-refractivity contribution in [2.24, 2.45) is 0 Å². The molecule has 1 spiro atoms. The maximum absolute atomic E-state index is 6.16. The molecule has 1 aliphatic heterocycles. The van der Waals surface area contributed by atoms with Crippen LogP contribution in [-0.4, -0.2) is 33.7 Å². The lowest BCUT2D eigenvalue weighted by molar-refractivity contribution is -0.115. The Morgan fingerprint density at radius 1 is 1.40 bits per heavy atom. The Morgan fingerprint density at radius 2 is 2.25 bits per heavy atom. The lowest BCUT2D eigenvalue weighted by Gasteiger charge is -2.43. The molecule has 1 aliphatic carbocycles. The topological polar surface area (TPSA) is 52.0 Å². The fraction of sp³-hybridized carbons (Fsp3) is 0.867. The molecular formula is C15H26N4O. The smallest absolute Gasteiger partial charge is 0.0964 e. The van der Waals surface area contributed by atoms with E-state index in [1.807, 2.05) is 0 Å². The van der Waals surface area contributed by atoms with Gasteiger partial charge in [-0.25, -0.2) is 4.68 Å². The van der Waals surface area contributed by atoms with Gasteiger partial charge < -0.3 is 10.1 Å². The summed E-state index contributed by atoms with van der Waals surface area (Å²) in [6.45, 7) is 4.75. The fourth-order valence-electron chi connectivity index (χ4n) is 3.60. The SMILES string of the molecule is CCNCc1cn(C2CCOC3(CCCCC3)C2)nn1. The molecule has 3 rings (SSSR count). The highest BCUT2D eigenvalue weighted by molar-refractivity contribution is 4.96. The first-order valence-corrected chi connectivity index (χ1v) is 8.07. The summed E-state index contributed by atoms with van der Waals surface area (Å²) >= 11 is 0. The molecule has 1 saturated heterocycles. The van der Waals surface area contributed by atoms with E-state index < -0.39 is 0 Å². The van der Waals surface area contributed by atoms with Crippen molar-refractivity contribution in [3.8, 4) is 0 Å². The number of ether oxygens (including phenoxy) is 1. The average molecular weight is 278 g/mol. The van der Waals surface area contributed by atoms with E-state index in [1.54, 1.807) is 0 Å². The summed E-state index contributed by atoms with van der Waals surface area (Å²) in [6.07, 6.45) is 10.7. The molecule has 2 aliphatic rings. The van der Waals surface area contributed by atoms with Gasteiger partial charge in [-0.15, -0.1) is 5.10 Å². The summed E-state index contributed by atoms with van der Waals surface area (Å²) in [5.41, 5.74) is 1.17. The first kappa shape index (κ1) is 14.0. The lowest BCUT2D eigenvalue weighted by atomic mass is 9.78. The first-order chi connectivity index (χ1) is 9.81. The second kappa shape index (κ2) is 6.22. The minimum Gasteiger partial charge on any atom is -0.375 e. The van der Waals surface area contributed by atoms with Gasteiger partial charge in [0, 0.05) is 13.2 Å². The molecule has 0 aromatic carbocycles. The van der Waals surface area contributed by atoms with Crippen LogP contribution in [0.4, 0.5) is 0 Å². The molecule has 0 amide bonds. The summed E-state index contributed by atoms with van der Waals surface area (Å²) in [7, 11) is 0. The molecule has 2 fully saturated rings. The maximum atomic E-state index is 6.16. The van der Waals surface area contributed by atoms with Gasteiger partial charge in [0.05, 0.1) is 23.5 Å². The zero-order valence-corrected chi connectivity index (χ0v) is 12.5. The molecule has 112 valence electrons. The summed E-state index contributed by atoms with van der Waals surface area (Å²) in [5.74, 6) is 0. The third kappa shape index (κ3) is 3.04. The highest BCUT2D eigenvalue weighted by atomic mass is 16.5. The Kier molecular flexibility index (Phi) is 4.36. The third-order valence-electron chi connectivity index (χ3n) is 4.72. The molecule has 0 bridgehead atoms. The monoisotopic (exact) mass is 278 g/mol. The molecule has 1 aromatic heterocycles. The highest BCUT2D eigenvalue weighted by Crippen LogP contribution is 2.41. The molecule has 1 unspecified atom stereocenters. The van der Waals surface area contributed by atoms with Gasteiger partial charge in [0.2, 0.25) is 0 Å². The minimum atomic E-state index is 0.134. The zero-order valence-electron chi connectivity index (χ0n) is 12.5. The Labute approximate surface area is 121 Å². The molecule has 1 aromatic rings. The zero-order chi connectivity index (χ0) is 13.8. The van der Waals surface area contributed by atoms with E-state index in [4.69, 9.17) is 4.74 Å². The summed E-state index contributed by atoms with van der Waals surface area (Å²) in [5, 5.41) is 11.9.